The summed E-state index contributed by atoms with van der Waals surface area (Å²) in [6.45, 7) is 0. The van der Waals surface area contributed by atoms with Crippen LogP contribution in [-0.2, 0) is 19.6 Å². The van der Waals surface area contributed by atoms with Gasteiger partial charge in [0.1, 0.15) is 0 Å². The SMILES string of the molecule is COOC1=C(c2ccccc2)C(OOC)(P(C2CCCCC2)C2CCCCC2)CC=C1. The normalized spacial score (nSPS) is 25.9. The smallest absolute Gasteiger partial charge is 0.172 e. The Morgan fingerprint density at radius 3 is 1.97 bits per heavy atom. The number of rotatable bonds is 8. The topological polar surface area (TPSA) is 36.9 Å². The molecule has 0 bridgehead atoms. The lowest BCUT2D eigenvalue weighted by Crippen LogP contribution is -2.41. The Morgan fingerprint density at radius 2 is 1.42 bits per heavy atom. The first-order valence-electron chi connectivity index (χ1n) is 12.0. The second kappa shape index (κ2) is 11.1. The Kier molecular flexibility index (Phi) is 8.23. The minimum absolute atomic E-state index is 0.497. The zero-order valence-corrected chi connectivity index (χ0v) is 19.9. The van der Waals surface area contributed by atoms with Gasteiger partial charge in [-0.25, -0.2) is 9.78 Å². The summed E-state index contributed by atoms with van der Waals surface area (Å²) in [5.74, 6) is 0.746. The van der Waals surface area contributed by atoms with Crippen molar-refractivity contribution in [3.63, 3.8) is 0 Å². The first-order valence-corrected chi connectivity index (χ1v) is 13.5. The highest BCUT2D eigenvalue weighted by atomic mass is 31.1. The first kappa shape index (κ1) is 23.0. The summed E-state index contributed by atoms with van der Waals surface area (Å²) in [6.07, 6.45) is 18.4. The molecule has 2 fully saturated rings. The van der Waals surface area contributed by atoms with Crippen molar-refractivity contribution in [2.75, 3.05) is 14.2 Å². The summed E-state index contributed by atoms with van der Waals surface area (Å²) < 4.78 is 0. The largest absolute Gasteiger partial charge is 0.337 e. The molecule has 0 N–H and O–H groups in total. The van der Waals surface area contributed by atoms with Crippen molar-refractivity contribution in [2.24, 2.45) is 0 Å². The predicted molar refractivity (Wildman–Crippen MR) is 127 cm³/mol. The molecule has 1 unspecified atom stereocenters. The number of hydrogen-bond donors (Lipinski definition) is 0. The molecule has 1 aromatic rings. The summed E-state index contributed by atoms with van der Waals surface area (Å²) in [4.78, 5) is 23.0. The maximum Gasteiger partial charge on any atom is 0.172 e. The van der Waals surface area contributed by atoms with Crippen LogP contribution in [0.5, 0.6) is 0 Å². The fourth-order valence-electron chi connectivity index (χ4n) is 5.93. The second-order valence-corrected chi connectivity index (χ2v) is 12.0. The minimum atomic E-state index is -0.516. The van der Waals surface area contributed by atoms with Crippen molar-refractivity contribution in [1.29, 1.82) is 0 Å². The molecule has 3 aliphatic carbocycles. The zero-order valence-electron chi connectivity index (χ0n) is 19.1. The van der Waals surface area contributed by atoms with Crippen LogP contribution in [0.3, 0.4) is 0 Å². The maximum atomic E-state index is 6.47. The van der Waals surface area contributed by atoms with Gasteiger partial charge < -0.3 is 4.89 Å². The van der Waals surface area contributed by atoms with Gasteiger partial charge in [-0.3, -0.25) is 0 Å². The fourth-order valence-corrected chi connectivity index (χ4v) is 10.5. The van der Waals surface area contributed by atoms with E-state index in [2.05, 4.69) is 36.4 Å². The molecule has 0 aliphatic heterocycles. The number of hydrogen-bond acceptors (Lipinski definition) is 4. The van der Waals surface area contributed by atoms with Crippen molar-refractivity contribution >= 4 is 13.5 Å². The highest BCUT2D eigenvalue weighted by Gasteiger charge is 2.53. The summed E-state index contributed by atoms with van der Waals surface area (Å²) in [7, 11) is 2.74. The highest BCUT2D eigenvalue weighted by molar-refractivity contribution is 7.61. The van der Waals surface area contributed by atoms with Gasteiger partial charge in [0, 0.05) is 12.0 Å². The number of benzene rings is 1. The highest BCUT2D eigenvalue weighted by Crippen LogP contribution is 2.70. The van der Waals surface area contributed by atoms with E-state index < -0.39 is 13.3 Å². The molecular weight excluding hydrogens is 407 g/mol. The monoisotopic (exact) mass is 444 g/mol. The van der Waals surface area contributed by atoms with Crippen LogP contribution < -0.4 is 0 Å². The Morgan fingerprint density at radius 1 is 0.806 bits per heavy atom. The van der Waals surface area contributed by atoms with Crippen molar-refractivity contribution < 1.29 is 19.6 Å². The molecule has 0 radical (unpaired) electrons. The second-order valence-electron chi connectivity index (χ2n) is 8.99. The van der Waals surface area contributed by atoms with Crippen LogP contribution in [-0.4, -0.2) is 30.9 Å². The van der Waals surface area contributed by atoms with Crippen LogP contribution in [0.15, 0.2) is 48.2 Å². The maximum absolute atomic E-state index is 6.47. The lowest BCUT2D eigenvalue weighted by Gasteiger charge is -2.50. The van der Waals surface area contributed by atoms with E-state index in [-0.39, 0.29) is 0 Å². The van der Waals surface area contributed by atoms with Crippen molar-refractivity contribution in [2.45, 2.75) is 87.3 Å². The van der Waals surface area contributed by atoms with E-state index in [0.717, 1.165) is 23.3 Å². The third-order valence-corrected chi connectivity index (χ3v) is 11.0. The molecule has 1 aromatic carbocycles. The minimum Gasteiger partial charge on any atom is -0.337 e. The van der Waals surface area contributed by atoms with Gasteiger partial charge in [0.15, 0.2) is 11.1 Å². The summed E-state index contributed by atoms with van der Waals surface area (Å²) in [5, 5.41) is -0.516. The summed E-state index contributed by atoms with van der Waals surface area (Å²) in [5.41, 5.74) is 3.64. The zero-order chi connectivity index (χ0) is 21.5. The van der Waals surface area contributed by atoms with Crippen LogP contribution in [0.2, 0.25) is 0 Å². The third-order valence-electron chi connectivity index (χ3n) is 7.11. The molecule has 0 amide bonds. The van der Waals surface area contributed by atoms with E-state index in [9.17, 15) is 0 Å². The standard InChI is InChI=1S/C26H37O4P/c1-27-29-24-19-12-20-26(30-28-2,25(24)21-13-6-3-7-14-21)31(22-15-8-4-9-16-22)23-17-10-5-11-18-23/h3,6-7,12-14,19,22-23H,4-5,8-11,15-18,20H2,1-2H3. The molecule has 170 valence electrons. The summed E-state index contributed by atoms with van der Waals surface area (Å²) in [6, 6.07) is 10.6. The Bertz CT molecular complexity index is 732. The average molecular weight is 445 g/mol. The molecule has 31 heavy (non-hydrogen) atoms. The van der Waals surface area contributed by atoms with E-state index in [1.54, 1.807) is 14.2 Å². The predicted octanol–water partition coefficient (Wildman–Crippen LogP) is 7.36. The first-order chi connectivity index (χ1) is 15.3. The number of allylic oxidation sites excluding steroid dienone is 1. The quantitative estimate of drug-likeness (QED) is 0.238. The molecule has 1 atom stereocenters. The lowest BCUT2D eigenvalue weighted by atomic mass is 9.92. The van der Waals surface area contributed by atoms with E-state index in [0.29, 0.717) is 11.3 Å². The molecule has 4 nitrogen and oxygen atoms in total. The Balaban J connectivity index is 1.87. The van der Waals surface area contributed by atoms with Gasteiger partial charge in [-0.2, -0.15) is 4.89 Å². The van der Waals surface area contributed by atoms with Crippen molar-refractivity contribution in [3.05, 3.63) is 53.8 Å². The molecule has 0 saturated heterocycles. The van der Waals surface area contributed by atoms with Crippen molar-refractivity contribution in [3.8, 4) is 0 Å². The average Bonchev–Trinajstić information content (AvgIpc) is 2.82. The fraction of sp³-hybridized carbons (Fsp3) is 0.615. The Hall–Kier alpha value is -1.19. The molecular formula is C26H37O4P. The van der Waals surface area contributed by atoms with Crippen LogP contribution in [0.25, 0.3) is 5.57 Å². The van der Waals surface area contributed by atoms with Crippen molar-refractivity contribution in [1.82, 2.24) is 0 Å². The van der Waals surface area contributed by atoms with E-state index in [1.165, 1.54) is 64.2 Å². The third kappa shape index (κ3) is 4.93. The molecule has 4 rings (SSSR count). The lowest BCUT2D eigenvalue weighted by molar-refractivity contribution is -0.305. The van der Waals surface area contributed by atoms with Gasteiger partial charge in [-0.05, 0) is 48.6 Å². The molecule has 3 aliphatic rings. The molecule has 2 saturated carbocycles. The summed E-state index contributed by atoms with van der Waals surface area (Å²) >= 11 is 0. The molecule has 0 heterocycles. The van der Waals surface area contributed by atoms with Gasteiger partial charge in [0.2, 0.25) is 0 Å². The van der Waals surface area contributed by atoms with Gasteiger partial charge in [0.25, 0.3) is 0 Å². The van der Waals surface area contributed by atoms with E-state index in [4.69, 9.17) is 19.6 Å². The van der Waals surface area contributed by atoms with Crippen LogP contribution in [0.4, 0.5) is 0 Å². The van der Waals surface area contributed by atoms with E-state index in [1.807, 2.05) is 6.08 Å². The van der Waals surface area contributed by atoms with Crippen LogP contribution in [0.1, 0.15) is 76.2 Å². The van der Waals surface area contributed by atoms with Crippen LogP contribution >= 0.6 is 7.92 Å². The van der Waals surface area contributed by atoms with Gasteiger partial charge in [-0.15, -0.1) is 0 Å². The van der Waals surface area contributed by atoms with Gasteiger partial charge in [-0.1, -0.05) is 82.9 Å². The molecule has 0 spiro atoms. The molecule has 5 heteroatoms. The van der Waals surface area contributed by atoms with Crippen LogP contribution in [0, 0.1) is 0 Å². The molecule has 0 aromatic heterocycles. The van der Waals surface area contributed by atoms with Gasteiger partial charge >= 0.3 is 0 Å². The Labute approximate surface area is 188 Å². The van der Waals surface area contributed by atoms with E-state index >= 15 is 0 Å². The van der Waals surface area contributed by atoms with Gasteiger partial charge in [0.05, 0.1) is 14.2 Å².